The summed E-state index contributed by atoms with van der Waals surface area (Å²) in [5.74, 6) is -1.10. The molecule has 0 unspecified atom stereocenters. The van der Waals surface area contributed by atoms with Crippen LogP contribution in [-0.2, 0) is 4.79 Å². The molecule has 33 heavy (non-hydrogen) atoms. The first-order valence-electron chi connectivity index (χ1n) is 9.98. The molecule has 0 aliphatic rings. The smallest absolute Gasteiger partial charge is 0.272 e. The number of phenols is 1. The SMILES string of the molecule is O=C(N[C@H](C(=O)NN=Cc1cccc(O)c1)c1n[nH]c(=O)c2ccccc12)c1ccccc1. The normalized spacial score (nSPS) is 11.9. The van der Waals surface area contributed by atoms with Crippen LogP contribution in [0.5, 0.6) is 5.75 Å². The Balaban J connectivity index is 1.67. The summed E-state index contributed by atoms with van der Waals surface area (Å²) < 4.78 is 0. The number of hydrazone groups is 1. The first kappa shape index (κ1) is 21.4. The number of carbonyl (C=O) groups excluding carboxylic acids is 2. The number of hydrogen-bond acceptors (Lipinski definition) is 6. The van der Waals surface area contributed by atoms with Crippen molar-refractivity contribution in [1.82, 2.24) is 20.9 Å². The minimum Gasteiger partial charge on any atom is -0.508 e. The largest absolute Gasteiger partial charge is 0.508 e. The molecule has 0 bridgehead atoms. The van der Waals surface area contributed by atoms with Gasteiger partial charge in [-0.3, -0.25) is 14.4 Å². The van der Waals surface area contributed by atoms with Gasteiger partial charge in [-0.2, -0.15) is 10.2 Å². The summed E-state index contributed by atoms with van der Waals surface area (Å²) >= 11 is 0. The third kappa shape index (κ3) is 4.93. The fraction of sp³-hybridized carbons (Fsp3) is 0.0417. The van der Waals surface area contributed by atoms with Crippen LogP contribution in [-0.4, -0.2) is 33.3 Å². The van der Waals surface area contributed by atoms with Crippen LogP contribution in [0, 0.1) is 0 Å². The van der Waals surface area contributed by atoms with Crippen LogP contribution in [0.15, 0.2) is 88.8 Å². The third-order valence-corrected chi connectivity index (χ3v) is 4.83. The Morgan fingerprint density at radius 3 is 2.45 bits per heavy atom. The number of carbonyl (C=O) groups is 2. The number of hydrogen-bond donors (Lipinski definition) is 4. The van der Waals surface area contributed by atoms with E-state index in [1.54, 1.807) is 66.7 Å². The average molecular weight is 441 g/mol. The molecule has 9 heteroatoms. The highest BCUT2D eigenvalue weighted by Gasteiger charge is 2.27. The van der Waals surface area contributed by atoms with Gasteiger partial charge in [-0.25, -0.2) is 10.5 Å². The minimum atomic E-state index is -1.25. The summed E-state index contributed by atoms with van der Waals surface area (Å²) in [5.41, 5.74) is 3.06. The van der Waals surface area contributed by atoms with Crippen molar-refractivity contribution >= 4 is 28.8 Å². The molecule has 0 radical (unpaired) electrons. The molecule has 0 aliphatic heterocycles. The molecule has 0 saturated carbocycles. The van der Waals surface area contributed by atoms with Crippen molar-refractivity contribution in [3.05, 3.63) is 106 Å². The fourth-order valence-corrected chi connectivity index (χ4v) is 3.26. The Hall–Kier alpha value is -4.79. The van der Waals surface area contributed by atoms with Crippen molar-refractivity contribution < 1.29 is 14.7 Å². The molecule has 0 saturated heterocycles. The summed E-state index contributed by atoms with van der Waals surface area (Å²) in [6, 6.07) is 20.1. The highest BCUT2D eigenvalue weighted by molar-refractivity contribution is 5.99. The van der Waals surface area contributed by atoms with Crippen molar-refractivity contribution in [2.75, 3.05) is 0 Å². The molecular formula is C24H19N5O4. The molecule has 3 aromatic carbocycles. The summed E-state index contributed by atoms with van der Waals surface area (Å²) in [6.45, 7) is 0. The molecule has 164 valence electrons. The second-order valence-corrected chi connectivity index (χ2v) is 7.09. The topological polar surface area (TPSA) is 137 Å². The van der Waals surface area contributed by atoms with Gasteiger partial charge in [0.1, 0.15) is 11.4 Å². The maximum Gasteiger partial charge on any atom is 0.272 e. The number of nitrogens with zero attached hydrogens (tertiary/aromatic N) is 2. The van der Waals surface area contributed by atoms with E-state index < -0.39 is 23.4 Å². The second-order valence-electron chi connectivity index (χ2n) is 7.09. The molecule has 9 nitrogen and oxygen atoms in total. The van der Waals surface area contributed by atoms with Crippen LogP contribution in [0.4, 0.5) is 0 Å². The van der Waals surface area contributed by atoms with E-state index in [-0.39, 0.29) is 11.4 Å². The van der Waals surface area contributed by atoms with Crippen molar-refractivity contribution in [1.29, 1.82) is 0 Å². The summed E-state index contributed by atoms with van der Waals surface area (Å²) in [6.07, 6.45) is 1.35. The van der Waals surface area contributed by atoms with Gasteiger partial charge in [-0.1, -0.05) is 48.5 Å². The quantitative estimate of drug-likeness (QED) is 0.269. The zero-order valence-corrected chi connectivity index (χ0v) is 17.2. The zero-order chi connectivity index (χ0) is 23.2. The Labute approximate surface area is 187 Å². The molecule has 0 spiro atoms. The van der Waals surface area contributed by atoms with Crippen molar-refractivity contribution in [2.45, 2.75) is 6.04 Å². The van der Waals surface area contributed by atoms with Crippen LogP contribution in [0.3, 0.4) is 0 Å². The lowest BCUT2D eigenvalue weighted by Crippen LogP contribution is -2.40. The Kier molecular flexibility index (Phi) is 6.21. The number of aromatic hydroxyl groups is 1. The molecule has 4 rings (SSSR count). The van der Waals surface area contributed by atoms with Crippen LogP contribution in [0.1, 0.15) is 27.7 Å². The van der Waals surface area contributed by atoms with Gasteiger partial charge >= 0.3 is 0 Å². The van der Waals surface area contributed by atoms with Crippen LogP contribution < -0.4 is 16.3 Å². The van der Waals surface area contributed by atoms with E-state index in [1.165, 1.54) is 18.3 Å². The minimum absolute atomic E-state index is 0.0576. The van der Waals surface area contributed by atoms with Gasteiger partial charge < -0.3 is 10.4 Å². The van der Waals surface area contributed by atoms with E-state index in [4.69, 9.17) is 0 Å². The van der Waals surface area contributed by atoms with Gasteiger partial charge in [0.05, 0.1) is 11.6 Å². The number of phenolic OH excluding ortho intramolecular Hbond substituents is 1. The highest BCUT2D eigenvalue weighted by Crippen LogP contribution is 2.20. The summed E-state index contributed by atoms with van der Waals surface area (Å²) in [4.78, 5) is 38.1. The maximum absolute atomic E-state index is 13.1. The van der Waals surface area contributed by atoms with Crippen molar-refractivity contribution in [3.63, 3.8) is 0 Å². The lowest BCUT2D eigenvalue weighted by atomic mass is 10.0. The molecule has 1 atom stereocenters. The summed E-state index contributed by atoms with van der Waals surface area (Å²) in [5, 5.41) is 23.3. The number of nitrogens with one attached hydrogen (secondary N) is 3. The maximum atomic E-state index is 13.1. The van der Waals surface area contributed by atoms with E-state index in [2.05, 4.69) is 26.0 Å². The molecule has 4 N–H and O–H groups in total. The van der Waals surface area contributed by atoms with Crippen LogP contribution in [0.2, 0.25) is 0 Å². The third-order valence-electron chi connectivity index (χ3n) is 4.83. The lowest BCUT2D eigenvalue weighted by molar-refractivity contribution is -0.123. The number of fused-ring (bicyclic) bond motifs is 1. The Bertz CT molecular complexity index is 1400. The molecule has 0 fully saturated rings. The summed E-state index contributed by atoms with van der Waals surface area (Å²) in [7, 11) is 0. The number of benzene rings is 3. The van der Waals surface area contributed by atoms with Gasteiger partial charge in [0.25, 0.3) is 17.4 Å². The molecule has 2 amide bonds. The van der Waals surface area contributed by atoms with Crippen molar-refractivity contribution in [3.8, 4) is 5.75 Å². The highest BCUT2D eigenvalue weighted by atomic mass is 16.3. The van der Waals surface area contributed by atoms with E-state index in [9.17, 15) is 19.5 Å². The number of amides is 2. The Morgan fingerprint density at radius 1 is 0.970 bits per heavy atom. The number of H-pyrrole nitrogens is 1. The molecule has 4 aromatic rings. The molecular weight excluding hydrogens is 422 g/mol. The van der Waals surface area contributed by atoms with E-state index in [0.717, 1.165) is 0 Å². The Morgan fingerprint density at radius 2 is 1.70 bits per heavy atom. The first-order chi connectivity index (χ1) is 16.0. The van der Waals surface area contributed by atoms with Crippen LogP contribution in [0.25, 0.3) is 10.8 Å². The standard InChI is InChI=1S/C24H19N5O4/c30-17-10-6-7-15(13-17)14-25-28-24(33)21(26-22(31)16-8-2-1-3-9-16)20-18-11-4-5-12-19(18)23(32)29-27-20/h1-14,21,30H,(H,26,31)(H,28,33)(H,29,32)/t21-/m0/s1. The number of aromatic amines is 1. The fourth-order valence-electron chi connectivity index (χ4n) is 3.26. The molecule has 1 heterocycles. The molecule has 1 aromatic heterocycles. The van der Waals surface area contributed by atoms with E-state index in [0.29, 0.717) is 21.9 Å². The van der Waals surface area contributed by atoms with E-state index in [1.807, 2.05) is 0 Å². The lowest BCUT2D eigenvalue weighted by Gasteiger charge is -2.18. The van der Waals surface area contributed by atoms with Gasteiger partial charge in [-0.15, -0.1) is 0 Å². The zero-order valence-electron chi connectivity index (χ0n) is 17.2. The van der Waals surface area contributed by atoms with Gasteiger partial charge in [-0.05, 0) is 35.9 Å². The predicted octanol–water partition coefficient (Wildman–Crippen LogP) is 2.25. The van der Waals surface area contributed by atoms with Crippen molar-refractivity contribution in [2.24, 2.45) is 5.10 Å². The van der Waals surface area contributed by atoms with Gasteiger partial charge in [0, 0.05) is 10.9 Å². The number of rotatable bonds is 6. The average Bonchev–Trinajstić information content (AvgIpc) is 2.84. The van der Waals surface area contributed by atoms with Gasteiger partial charge in [0.15, 0.2) is 6.04 Å². The second kappa shape index (κ2) is 9.56. The number of aromatic nitrogens is 2. The monoisotopic (exact) mass is 441 g/mol. The molecule has 0 aliphatic carbocycles. The predicted molar refractivity (Wildman–Crippen MR) is 123 cm³/mol. The van der Waals surface area contributed by atoms with E-state index >= 15 is 0 Å². The van der Waals surface area contributed by atoms with Gasteiger partial charge in [0.2, 0.25) is 0 Å². The first-order valence-corrected chi connectivity index (χ1v) is 9.98. The van der Waals surface area contributed by atoms with Crippen LogP contribution >= 0.6 is 0 Å².